The van der Waals surface area contributed by atoms with Gasteiger partial charge >= 0.3 is 0 Å². The Bertz CT molecular complexity index is 402. The van der Waals surface area contributed by atoms with E-state index in [1.807, 2.05) is 19.9 Å². The van der Waals surface area contributed by atoms with E-state index in [2.05, 4.69) is 43.6 Å². The van der Waals surface area contributed by atoms with Crippen molar-refractivity contribution in [2.45, 2.75) is 51.0 Å². The van der Waals surface area contributed by atoms with Gasteiger partial charge in [0.25, 0.3) is 0 Å². The summed E-state index contributed by atoms with van der Waals surface area (Å²) in [7, 11) is -4.01. The second-order valence-electron chi connectivity index (χ2n) is 6.28. The second kappa shape index (κ2) is 5.97. The van der Waals surface area contributed by atoms with Crippen LogP contribution in [0.15, 0.2) is 16.4 Å². The van der Waals surface area contributed by atoms with Crippen molar-refractivity contribution in [1.29, 1.82) is 0 Å². The van der Waals surface area contributed by atoms with Crippen LogP contribution < -0.4 is 5.14 Å². The van der Waals surface area contributed by atoms with Crippen molar-refractivity contribution in [3.8, 4) is 0 Å². The predicted octanol–water partition coefficient (Wildman–Crippen LogP) is 3.71. The second-order valence-corrected chi connectivity index (χ2v) is 12.6. The zero-order chi connectivity index (χ0) is 14.8. The predicted molar refractivity (Wildman–Crippen MR) is 87.4 cm³/mol. The SMILES string of the molecule is C=CC[C@H](C)[C@@H](C)S(N)(=O)=NS(C)(C)C(C)(C)C. The van der Waals surface area contributed by atoms with Crippen LogP contribution in [0.4, 0.5) is 0 Å². The largest absolute Gasteiger partial charge is 0.244 e. The van der Waals surface area contributed by atoms with E-state index in [0.717, 1.165) is 6.42 Å². The fourth-order valence-electron chi connectivity index (χ4n) is 1.26. The van der Waals surface area contributed by atoms with Gasteiger partial charge in [-0.2, -0.15) is 3.77 Å². The van der Waals surface area contributed by atoms with E-state index in [1.54, 1.807) is 0 Å². The Hall–Kier alpha value is -0.000000000000000111. The van der Waals surface area contributed by atoms with E-state index in [4.69, 9.17) is 5.14 Å². The number of nitrogens with two attached hydrogens (primary N) is 1. The first-order chi connectivity index (χ1) is 7.85. The van der Waals surface area contributed by atoms with Crippen molar-refractivity contribution in [3.05, 3.63) is 12.7 Å². The lowest BCUT2D eigenvalue weighted by Crippen LogP contribution is -2.33. The molecule has 0 spiro atoms. The minimum atomic E-state index is -2.66. The molecule has 0 aliphatic rings. The molecule has 1 unspecified atom stereocenters. The molecule has 0 aromatic carbocycles. The maximum atomic E-state index is 12.7. The number of rotatable bonds is 5. The summed E-state index contributed by atoms with van der Waals surface area (Å²) < 4.78 is 17.2. The van der Waals surface area contributed by atoms with Crippen LogP contribution in [0.2, 0.25) is 0 Å². The minimum Gasteiger partial charge on any atom is -0.244 e. The number of hydrogen-bond donors (Lipinski definition) is 1. The Morgan fingerprint density at radius 2 is 1.78 bits per heavy atom. The molecule has 0 radical (unpaired) electrons. The number of allylic oxidation sites excluding steroid dienone is 1. The molecule has 0 aromatic heterocycles. The summed E-state index contributed by atoms with van der Waals surface area (Å²) in [4.78, 5) is 0. The third kappa shape index (κ3) is 4.59. The molecular weight excluding hydrogens is 264 g/mol. The highest BCUT2D eigenvalue weighted by Gasteiger charge is 2.31. The summed E-state index contributed by atoms with van der Waals surface area (Å²) in [6.45, 7) is 14.1. The average molecular weight is 295 g/mol. The van der Waals surface area contributed by atoms with E-state index in [-0.39, 0.29) is 15.9 Å². The van der Waals surface area contributed by atoms with Crippen molar-refractivity contribution >= 4 is 20.1 Å². The summed E-state index contributed by atoms with van der Waals surface area (Å²) in [6, 6.07) is 0. The summed E-state index contributed by atoms with van der Waals surface area (Å²) >= 11 is 0. The maximum absolute atomic E-state index is 12.7. The van der Waals surface area contributed by atoms with Gasteiger partial charge in [-0.1, -0.05) is 33.8 Å². The molecule has 0 aromatic rings. The van der Waals surface area contributed by atoms with Gasteiger partial charge in [0.2, 0.25) is 0 Å². The Labute approximate surface area is 115 Å². The number of hydrogen-bond acceptors (Lipinski definition) is 2. The molecule has 3 nitrogen and oxygen atoms in total. The Morgan fingerprint density at radius 1 is 1.33 bits per heavy atom. The summed E-state index contributed by atoms with van der Waals surface area (Å²) in [6.07, 6.45) is 6.81. The lowest BCUT2D eigenvalue weighted by molar-refractivity contribution is 0.562. The molecule has 0 bridgehead atoms. The Morgan fingerprint density at radius 3 is 2.11 bits per heavy atom. The smallest absolute Gasteiger partial charge is 0.117 e. The van der Waals surface area contributed by atoms with Gasteiger partial charge < -0.3 is 0 Å². The van der Waals surface area contributed by atoms with E-state index < -0.39 is 20.1 Å². The summed E-state index contributed by atoms with van der Waals surface area (Å²) in [5.41, 5.74) is 0. The molecule has 3 atom stereocenters. The summed E-state index contributed by atoms with van der Waals surface area (Å²) in [5.74, 6) is 0.235. The Balaban J connectivity index is 5.38. The number of nitrogens with zero attached hydrogens (tertiary/aromatic N) is 1. The molecule has 110 valence electrons. The van der Waals surface area contributed by atoms with E-state index in [9.17, 15) is 4.21 Å². The maximum Gasteiger partial charge on any atom is 0.117 e. The molecule has 0 amide bonds. The molecule has 0 saturated heterocycles. The van der Waals surface area contributed by atoms with Crippen molar-refractivity contribution in [3.63, 3.8) is 0 Å². The fourth-order valence-corrected chi connectivity index (χ4v) is 5.80. The zero-order valence-corrected chi connectivity index (χ0v) is 14.5. The molecule has 0 heterocycles. The monoisotopic (exact) mass is 294 g/mol. The van der Waals surface area contributed by atoms with Crippen LogP contribution in [-0.4, -0.2) is 26.7 Å². The van der Waals surface area contributed by atoms with Crippen molar-refractivity contribution in [1.82, 2.24) is 0 Å². The van der Waals surface area contributed by atoms with Crippen LogP contribution >= 0.6 is 10.2 Å². The molecule has 0 aliphatic heterocycles. The quantitative estimate of drug-likeness (QED) is 0.772. The van der Waals surface area contributed by atoms with Gasteiger partial charge in [0.05, 0.1) is 5.25 Å². The first-order valence-corrected chi connectivity index (χ1v) is 10.3. The van der Waals surface area contributed by atoms with E-state index >= 15 is 0 Å². The van der Waals surface area contributed by atoms with Gasteiger partial charge in [0, 0.05) is 4.75 Å². The molecule has 18 heavy (non-hydrogen) atoms. The van der Waals surface area contributed by atoms with Crippen LogP contribution in [0, 0.1) is 5.92 Å². The molecule has 0 saturated carbocycles. The van der Waals surface area contributed by atoms with Crippen molar-refractivity contribution in [2.75, 3.05) is 12.5 Å². The van der Waals surface area contributed by atoms with Gasteiger partial charge in [0.15, 0.2) is 0 Å². The van der Waals surface area contributed by atoms with E-state index in [0.29, 0.717) is 0 Å². The molecular formula is C13H30N2OS2. The minimum absolute atomic E-state index is 0.0103. The van der Waals surface area contributed by atoms with Gasteiger partial charge in [-0.05, 0) is 31.8 Å². The normalized spacial score (nSPS) is 20.7. The first kappa shape index (κ1) is 18.0. The van der Waals surface area contributed by atoms with Crippen LogP contribution in [0.1, 0.15) is 41.0 Å². The van der Waals surface area contributed by atoms with Gasteiger partial charge in [0.1, 0.15) is 9.92 Å². The van der Waals surface area contributed by atoms with Gasteiger partial charge in [-0.3, -0.25) is 0 Å². The van der Waals surface area contributed by atoms with Gasteiger partial charge in [-0.15, -0.1) is 16.8 Å². The third-order valence-electron chi connectivity index (χ3n) is 3.67. The molecule has 5 heteroatoms. The Kier molecular flexibility index (Phi) is 5.97. The van der Waals surface area contributed by atoms with Crippen molar-refractivity contribution < 1.29 is 4.21 Å². The lowest BCUT2D eigenvalue weighted by Gasteiger charge is -2.41. The van der Waals surface area contributed by atoms with E-state index in [1.165, 1.54) is 0 Å². The van der Waals surface area contributed by atoms with Crippen LogP contribution in [0.3, 0.4) is 0 Å². The summed E-state index contributed by atoms with van der Waals surface area (Å²) in [5, 5.41) is 5.90. The highest BCUT2D eigenvalue weighted by Crippen LogP contribution is 2.55. The average Bonchev–Trinajstić information content (AvgIpc) is 2.13. The van der Waals surface area contributed by atoms with Crippen LogP contribution in [0.25, 0.3) is 0 Å². The zero-order valence-electron chi connectivity index (χ0n) is 12.9. The molecule has 0 fully saturated rings. The third-order valence-corrected chi connectivity index (χ3v) is 10.6. The van der Waals surface area contributed by atoms with Gasteiger partial charge in [-0.25, -0.2) is 9.35 Å². The molecule has 2 N–H and O–H groups in total. The standard InChI is InChI=1S/C13H30N2OS2/c1-9-10-11(2)12(3)18(14,16)15-17(7,8)13(4,5)6/h9,11-12H,1,10H2,2-8H3,(H2,14,15,16)/t11-,12+,18?/m0/s1. The topological polar surface area (TPSA) is 55.5 Å². The lowest BCUT2D eigenvalue weighted by atomic mass is 10.1. The molecule has 0 rings (SSSR count). The van der Waals surface area contributed by atoms with Crippen molar-refractivity contribution in [2.24, 2.45) is 14.8 Å². The first-order valence-electron chi connectivity index (χ1n) is 6.24. The van der Waals surface area contributed by atoms with Crippen LogP contribution in [-0.2, 0) is 9.92 Å². The highest BCUT2D eigenvalue weighted by molar-refractivity contribution is 8.35. The van der Waals surface area contributed by atoms with Crippen LogP contribution in [0.5, 0.6) is 0 Å². The highest BCUT2D eigenvalue weighted by atomic mass is 32.3. The molecule has 0 aliphatic carbocycles. The fraction of sp³-hybridized carbons (Fsp3) is 0.846.